The number of rotatable bonds is 8. The lowest BCUT2D eigenvalue weighted by Crippen LogP contribution is -2.38. The second-order valence-electron chi connectivity index (χ2n) is 6.23. The van der Waals surface area contributed by atoms with Crippen LogP contribution in [0.1, 0.15) is 18.4 Å². The van der Waals surface area contributed by atoms with Crippen molar-refractivity contribution in [2.45, 2.75) is 19.4 Å². The molecule has 0 spiro atoms. The van der Waals surface area contributed by atoms with Crippen LogP contribution in [0.2, 0.25) is 0 Å². The van der Waals surface area contributed by atoms with Gasteiger partial charge in [-0.2, -0.15) is 0 Å². The number of methoxy groups -OCH3 is 1. The van der Waals surface area contributed by atoms with Crippen LogP contribution in [0.3, 0.4) is 0 Å². The minimum absolute atomic E-state index is 0.0749. The molecule has 1 fully saturated rings. The Bertz CT molecular complexity index is 606. The second kappa shape index (κ2) is 9.33. The third kappa shape index (κ3) is 5.68. The van der Waals surface area contributed by atoms with Crippen LogP contribution in [0.4, 0.5) is 5.69 Å². The van der Waals surface area contributed by atoms with Crippen molar-refractivity contribution in [3.8, 4) is 5.75 Å². The van der Waals surface area contributed by atoms with Gasteiger partial charge in [-0.1, -0.05) is 6.07 Å². The third-order valence-corrected chi connectivity index (χ3v) is 4.30. The molecule has 0 saturated carbocycles. The number of esters is 1. The number of benzene rings is 1. The molecule has 1 aromatic carbocycles. The van der Waals surface area contributed by atoms with Crippen molar-refractivity contribution < 1.29 is 19.2 Å². The molecule has 8 heteroatoms. The van der Waals surface area contributed by atoms with E-state index in [2.05, 4.69) is 15.0 Å². The molecule has 25 heavy (non-hydrogen) atoms. The molecule has 1 aromatic rings. The second-order valence-corrected chi connectivity index (χ2v) is 6.23. The van der Waals surface area contributed by atoms with Crippen LogP contribution in [0.5, 0.6) is 5.75 Å². The highest BCUT2D eigenvalue weighted by atomic mass is 16.6. The van der Waals surface area contributed by atoms with Crippen molar-refractivity contribution >= 4 is 11.7 Å². The predicted molar refractivity (Wildman–Crippen MR) is 92.5 cm³/mol. The number of carbonyl (C=O) groups is 1. The lowest BCUT2D eigenvalue weighted by molar-refractivity contribution is -0.385. The van der Waals surface area contributed by atoms with Crippen molar-refractivity contribution in [3.05, 3.63) is 33.9 Å². The molecule has 1 saturated heterocycles. The summed E-state index contributed by atoms with van der Waals surface area (Å²) in [6.45, 7) is 3.27. The van der Waals surface area contributed by atoms with Gasteiger partial charge in [0.05, 0.1) is 12.0 Å². The molecule has 1 heterocycles. The first kappa shape index (κ1) is 19.1. The van der Waals surface area contributed by atoms with Gasteiger partial charge in [0.15, 0.2) is 12.4 Å². The Morgan fingerprint density at radius 1 is 1.48 bits per heavy atom. The number of likely N-dealkylation sites (tertiary alicyclic amines) is 1. The number of carbonyl (C=O) groups excluding carboxylic acids is 1. The largest absolute Gasteiger partial charge is 0.475 e. The van der Waals surface area contributed by atoms with E-state index < -0.39 is 10.9 Å². The van der Waals surface area contributed by atoms with Gasteiger partial charge in [-0.15, -0.1) is 0 Å². The van der Waals surface area contributed by atoms with Crippen molar-refractivity contribution in [2.75, 3.05) is 40.4 Å². The zero-order chi connectivity index (χ0) is 18.2. The molecule has 1 aliphatic heterocycles. The Morgan fingerprint density at radius 2 is 2.28 bits per heavy atom. The highest BCUT2D eigenvalue weighted by Gasteiger charge is 2.22. The zero-order valence-electron chi connectivity index (χ0n) is 14.7. The molecular weight excluding hydrogens is 326 g/mol. The Morgan fingerprint density at radius 3 is 2.96 bits per heavy atom. The fourth-order valence-electron chi connectivity index (χ4n) is 3.13. The van der Waals surface area contributed by atoms with Crippen molar-refractivity contribution in [2.24, 2.45) is 5.92 Å². The van der Waals surface area contributed by atoms with E-state index in [0.717, 1.165) is 31.6 Å². The van der Waals surface area contributed by atoms with Gasteiger partial charge in [0.2, 0.25) is 0 Å². The van der Waals surface area contributed by atoms with E-state index in [0.29, 0.717) is 12.5 Å². The molecule has 0 aliphatic carbocycles. The van der Waals surface area contributed by atoms with Crippen LogP contribution in [-0.4, -0.2) is 56.2 Å². The number of nitrogens with one attached hydrogen (secondary N) is 1. The normalized spacial score (nSPS) is 17.9. The van der Waals surface area contributed by atoms with Gasteiger partial charge in [-0.05, 0) is 50.5 Å². The monoisotopic (exact) mass is 351 g/mol. The number of hydrogen-bond acceptors (Lipinski definition) is 7. The highest BCUT2D eigenvalue weighted by Crippen LogP contribution is 2.29. The molecule has 138 valence electrons. The number of nitro benzene ring substituents is 1. The first-order valence-corrected chi connectivity index (χ1v) is 8.37. The first-order valence-electron chi connectivity index (χ1n) is 8.37. The Hall–Kier alpha value is -2.19. The summed E-state index contributed by atoms with van der Waals surface area (Å²) in [6.07, 6.45) is 2.34. The van der Waals surface area contributed by atoms with E-state index in [1.165, 1.54) is 19.6 Å². The summed E-state index contributed by atoms with van der Waals surface area (Å²) in [5.74, 6) is 0.101. The summed E-state index contributed by atoms with van der Waals surface area (Å²) in [6, 6.07) is 4.88. The van der Waals surface area contributed by atoms with Crippen LogP contribution in [0.15, 0.2) is 18.2 Å². The Kier molecular flexibility index (Phi) is 7.15. The van der Waals surface area contributed by atoms with E-state index in [1.807, 2.05) is 7.05 Å². The Balaban J connectivity index is 2.05. The SMILES string of the molecule is CNCC1CCCN(Cc2ccc(OCC(=O)OC)c([N+](=O)[O-])c2)C1. The average Bonchev–Trinajstić information content (AvgIpc) is 2.60. The van der Waals surface area contributed by atoms with E-state index in [9.17, 15) is 14.9 Å². The van der Waals surface area contributed by atoms with Gasteiger partial charge in [-0.25, -0.2) is 4.79 Å². The average molecular weight is 351 g/mol. The number of nitro groups is 1. The summed E-state index contributed by atoms with van der Waals surface area (Å²) < 4.78 is 9.69. The van der Waals surface area contributed by atoms with Crippen LogP contribution in [-0.2, 0) is 16.1 Å². The predicted octanol–water partition coefficient (Wildman–Crippen LogP) is 1.58. The number of nitrogens with zero attached hydrogens (tertiary/aromatic N) is 2. The van der Waals surface area contributed by atoms with Gasteiger partial charge < -0.3 is 14.8 Å². The molecule has 0 aromatic heterocycles. The van der Waals surface area contributed by atoms with Crippen molar-refractivity contribution in [1.29, 1.82) is 0 Å². The van der Waals surface area contributed by atoms with Gasteiger partial charge in [0.1, 0.15) is 0 Å². The molecular formula is C17H25N3O5. The third-order valence-electron chi connectivity index (χ3n) is 4.30. The molecule has 1 N–H and O–H groups in total. The van der Waals surface area contributed by atoms with Gasteiger partial charge in [0, 0.05) is 19.2 Å². The topological polar surface area (TPSA) is 93.9 Å². The summed E-state index contributed by atoms with van der Waals surface area (Å²) in [7, 11) is 3.19. The molecule has 8 nitrogen and oxygen atoms in total. The maximum absolute atomic E-state index is 11.3. The molecule has 1 aliphatic rings. The zero-order valence-corrected chi connectivity index (χ0v) is 14.7. The molecule has 0 bridgehead atoms. The fourth-order valence-corrected chi connectivity index (χ4v) is 3.13. The molecule has 2 rings (SSSR count). The lowest BCUT2D eigenvalue weighted by Gasteiger charge is -2.32. The van der Waals surface area contributed by atoms with Crippen molar-refractivity contribution in [3.63, 3.8) is 0 Å². The minimum atomic E-state index is -0.581. The van der Waals surface area contributed by atoms with E-state index >= 15 is 0 Å². The van der Waals surface area contributed by atoms with Crippen LogP contribution in [0, 0.1) is 16.0 Å². The minimum Gasteiger partial charge on any atom is -0.475 e. The summed E-state index contributed by atoms with van der Waals surface area (Å²) in [4.78, 5) is 24.3. The fraction of sp³-hybridized carbons (Fsp3) is 0.588. The standard InChI is InChI=1S/C17H25N3O5/c1-18-9-14-4-3-7-19(11-14)10-13-5-6-16(15(8-13)20(22)23)25-12-17(21)24-2/h5-6,8,14,18H,3-4,7,9-12H2,1-2H3. The van der Waals surface area contributed by atoms with Crippen LogP contribution in [0.25, 0.3) is 0 Å². The van der Waals surface area contributed by atoms with E-state index in [1.54, 1.807) is 12.1 Å². The molecule has 1 unspecified atom stereocenters. The molecule has 1 atom stereocenters. The van der Waals surface area contributed by atoms with Crippen molar-refractivity contribution in [1.82, 2.24) is 10.2 Å². The summed E-state index contributed by atoms with van der Waals surface area (Å²) in [5.41, 5.74) is 0.729. The maximum Gasteiger partial charge on any atom is 0.343 e. The van der Waals surface area contributed by atoms with Crippen LogP contribution >= 0.6 is 0 Å². The van der Waals surface area contributed by atoms with Crippen LogP contribution < -0.4 is 10.1 Å². The maximum atomic E-state index is 11.3. The summed E-state index contributed by atoms with van der Waals surface area (Å²) >= 11 is 0. The number of piperidine rings is 1. The molecule has 0 radical (unpaired) electrons. The van der Waals surface area contributed by atoms with E-state index in [-0.39, 0.29) is 18.0 Å². The smallest absolute Gasteiger partial charge is 0.343 e. The van der Waals surface area contributed by atoms with Gasteiger partial charge in [-0.3, -0.25) is 15.0 Å². The first-order chi connectivity index (χ1) is 12.0. The van der Waals surface area contributed by atoms with Gasteiger partial charge in [0.25, 0.3) is 0 Å². The van der Waals surface area contributed by atoms with E-state index in [4.69, 9.17) is 4.74 Å². The molecule has 0 amide bonds. The number of hydrogen-bond donors (Lipinski definition) is 1. The Labute approximate surface area is 147 Å². The highest BCUT2D eigenvalue weighted by molar-refractivity contribution is 5.71. The quantitative estimate of drug-likeness (QED) is 0.432. The summed E-state index contributed by atoms with van der Waals surface area (Å²) in [5, 5.41) is 14.5. The van der Waals surface area contributed by atoms with Gasteiger partial charge >= 0.3 is 11.7 Å². The number of ether oxygens (including phenoxy) is 2. The lowest BCUT2D eigenvalue weighted by atomic mass is 9.97.